The van der Waals surface area contributed by atoms with E-state index in [9.17, 15) is 4.79 Å². The van der Waals surface area contributed by atoms with Crippen molar-refractivity contribution in [3.8, 4) is 0 Å². The van der Waals surface area contributed by atoms with Crippen LogP contribution >= 0.6 is 11.3 Å². The Morgan fingerprint density at radius 2 is 2.35 bits per heavy atom. The summed E-state index contributed by atoms with van der Waals surface area (Å²) in [7, 11) is 0. The Balaban J connectivity index is 2.23. The van der Waals surface area contributed by atoms with Gasteiger partial charge in [0.05, 0.1) is 12.1 Å². The highest BCUT2D eigenvalue weighted by atomic mass is 32.1. The van der Waals surface area contributed by atoms with Gasteiger partial charge in [-0.1, -0.05) is 0 Å². The lowest BCUT2D eigenvalue weighted by atomic mass is 9.97. The fraction of sp³-hybridized carbons (Fsp3) is 0.667. The van der Waals surface area contributed by atoms with Crippen molar-refractivity contribution in [2.45, 2.75) is 45.1 Å². The van der Waals surface area contributed by atoms with Crippen molar-refractivity contribution in [1.29, 1.82) is 0 Å². The van der Waals surface area contributed by atoms with E-state index in [1.165, 1.54) is 11.3 Å². The second-order valence-electron chi connectivity index (χ2n) is 4.63. The first-order chi connectivity index (χ1) is 8.01. The summed E-state index contributed by atoms with van der Waals surface area (Å²) in [5.74, 6) is -0.807. The van der Waals surface area contributed by atoms with Gasteiger partial charge in [-0.25, -0.2) is 4.98 Å². The first-order valence-electron chi connectivity index (χ1n) is 5.84. The SMILES string of the molecule is Cc1nc(C2(C)CCCCO2)sc1CC(=O)O. The zero-order valence-corrected chi connectivity index (χ0v) is 11.0. The molecule has 1 atom stereocenters. The molecular weight excluding hydrogens is 238 g/mol. The monoisotopic (exact) mass is 255 g/mol. The van der Waals surface area contributed by atoms with Gasteiger partial charge >= 0.3 is 5.97 Å². The van der Waals surface area contributed by atoms with Crippen molar-refractivity contribution >= 4 is 17.3 Å². The Kier molecular flexibility index (Phi) is 3.49. The van der Waals surface area contributed by atoms with E-state index in [1.54, 1.807) is 0 Å². The van der Waals surface area contributed by atoms with E-state index in [1.807, 2.05) is 6.92 Å². The fourth-order valence-electron chi connectivity index (χ4n) is 2.06. The minimum atomic E-state index is -0.807. The standard InChI is InChI=1S/C12H17NO3S/c1-8-9(7-10(14)15)17-11(13-8)12(2)5-3-4-6-16-12/h3-7H2,1-2H3,(H,14,15). The third-order valence-electron chi connectivity index (χ3n) is 3.13. The molecule has 5 heteroatoms. The number of carbonyl (C=O) groups is 1. The first-order valence-corrected chi connectivity index (χ1v) is 6.65. The normalized spacial score (nSPS) is 24.8. The zero-order valence-electron chi connectivity index (χ0n) is 10.2. The molecule has 1 fully saturated rings. The highest BCUT2D eigenvalue weighted by Crippen LogP contribution is 2.37. The van der Waals surface area contributed by atoms with Crippen LogP contribution in [0.25, 0.3) is 0 Å². The average molecular weight is 255 g/mol. The molecule has 4 nitrogen and oxygen atoms in total. The van der Waals surface area contributed by atoms with Gasteiger partial charge in [0.1, 0.15) is 10.6 Å². The molecule has 1 aliphatic heterocycles. The van der Waals surface area contributed by atoms with Gasteiger partial charge in [0.15, 0.2) is 0 Å². The smallest absolute Gasteiger partial charge is 0.308 e. The van der Waals surface area contributed by atoms with Crippen LogP contribution in [0.1, 0.15) is 41.8 Å². The third-order valence-corrected chi connectivity index (χ3v) is 4.53. The van der Waals surface area contributed by atoms with Gasteiger partial charge in [0.25, 0.3) is 0 Å². The van der Waals surface area contributed by atoms with E-state index in [0.29, 0.717) is 0 Å². The topological polar surface area (TPSA) is 59.4 Å². The number of aromatic nitrogens is 1. The van der Waals surface area contributed by atoms with Gasteiger partial charge in [0.2, 0.25) is 0 Å². The molecule has 0 aliphatic carbocycles. The quantitative estimate of drug-likeness (QED) is 0.901. The molecule has 0 amide bonds. The number of ether oxygens (including phenoxy) is 1. The van der Waals surface area contributed by atoms with Crippen LogP contribution in [0.2, 0.25) is 0 Å². The number of hydrogen-bond acceptors (Lipinski definition) is 4. The van der Waals surface area contributed by atoms with Gasteiger partial charge in [-0.15, -0.1) is 11.3 Å². The summed E-state index contributed by atoms with van der Waals surface area (Å²) in [6.07, 6.45) is 3.26. The van der Waals surface area contributed by atoms with Crippen LogP contribution in [-0.4, -0.2) is 22.7 Å². The van der Waals surface area contributed by atoms with Gasteiger partial charge in [-0.2, -0.15) is 0 Å². The number of thiazole rings is 1. The van der Waals surface area contributed by atoms with Crippen LogP contribution < -0.4 is 0 Å². The summed E-state index contributed by atoms with van der Waals surface area (Å²) in [6.45, 7) is 4.68. The molecule has 1 N–H and O–H groups in total. The molecule has 0 saturated carbocycles. The molecule has 1 aromatic heterocycles. The predicted molar refractivity (Wildman–Crippen MR) is 65.3 cm³/mol. The van der Waals surface area contributed by atoms with Crippen LogP contribution in [0, 0.1) is 6.92 Å². The van der Waals surface area contributed by atoms with Crippen LogP contribution in [0.3, 0.4) is 0 Å². The van der Waals surface area contributed by atoms with Crippen molar-refractivity contribution in [2.75, 3.05) is 6.61 Å². The molecule has 17 heavy (non-hydrogen) atoms. The number of aliphatic carboxylic acids is 1. The van der Waals surface area contributed by atoms with E-state index in [0.717, 1.165) is 41.4 Å². The first kappa shape index (κ1) is 12.5. The predicted octanol–water partition coefficient (Wildman–Crippen LogP) is 2.49. The van der Waals surface area contributed by atoms with E-state index in [-0.39, 0.29) is 12.0 Å². The minimum absolute atomic E-state index is 0.0551. The van der Waals surface area contributed by atoms with E-state index in [2.05, 4.69) is 11.9 Å². The molecule has 1 unspecified atom stereocenters. The lowest BCUT2D eigenvalue weighted by molar-refractivity contribution is -0.136. The maximum absolute atomic E-state index is 10.7. The highest BCUT2D eigenvalue weighted by Gasteiger charge is 2.33. The largest absolute Gasteiger partial charge is 0.481 e. The summed E-state index contributed by atoms with van der Waals surface area (Å²) in [6, 6.07) is 0. The lowest BCUT2D eigenvalue weighted by Crippen LogP contribution is -2.29. The second kappa shape index (κ2) is 4.74. The van der Waals surface area contributed by atoms with E-state index < -0.39 is 5.97 Å². The summed E-state index contributed by atoms with van der Waals surface area (Å²) in [5, 5.41) is 9.74. The Morgan fingerprint density at radius 1 is 1.59 bits per heavy atom. The van der Waals surface area contributed by atoms with Crippen LogP contribution in [0.15, 0.2) is 0 Å². The number of nitrogens with zero attached hydrogens (tertiary/aromatic N) is 1. The van der Waals surface area contributed by atoms with Gasteiger partial charge in [-0.3, -0.25) is 4.79 Å². The molecule has 1 saturated heterocycles. The summed E-state index contributed by atoms with van der Waals surface area (Å²) in [4.78, 5) is 16.1. The van der Waals surface area contributed by atoms with Crippen molar-refractivity contribution < 1.29 is 14.6 Å². The van der Waals surface area contributed by atoms with E-state index >= 15 is 0 Å². The Bertz CT molecular complexity index is 421. The van der Waals surface area contributed by atoms with Crippen LogP contribution in [-0.2, 0) is 21.6 Å². The van der Waals surface area contributed by atoms with Crippen molar-refractivity contribution in [3.05, 3.63) is 15.6 Å². The molecule has 0 aromatic carbocycles. The summed E-state index contributed by atoms with van der Waals surface area (Å²) >= 11 is 1.48. The molecule has 1 aromatic rings. The fourth-order valence-corrected chi connectivity index (χ4v) is 3.24. The molecule has 2 heterocycles. The van der Waals surface area contributed by atoms with Crippen molar-refractivity contribution in [2.24, 2.45) is 0 Å². The average Bonchev–Trinajstić information content (AvgIpc) is 2.61. The molecule has 2 rings (SSSR count). The molecule has 0 bridgehead atoms. The number of aryl methyl sites for hydroxylation is 1. The molecule has 94 valence electrons. The minimum Gasteiger partial charge on any atom is -0.481 e. The molecule has 0 radical (unpaired) electrons. The van der Waals surface area contributed by atoms with Gasteiger partial charge < -0.3 is 9.84 Å². The Labute approximate surface area is 105 Å². The van der Waals surface area contributed by atoms with E-state index in [4.69, 9.17) is 9.84 Å². The molecular formula is C12H17NO3S. The third kappa shape index (κ3) is 2.66. The Morgan fingerprint density at radius 3 is 2.94 bits per heavy atom. The Hall–Kier alpha value is -0.940. The maximum atomic E-state index is 10.7. The van der Waals surface area contributed by atoms with Gasteiger partial charge in [-0.05, 0) is 33.1 Å². The van der Waals surface area contributed by atoms with Crippen LogP contribution in [0.5, 0.6) is 0 Å². The summed E-state index contributed by atoms with van der Waals surface area (Å²) < 4.78 is 5.83. The number of hydrogen-bond donors (Lipinski definition) is 1. The number of carboxylic acid groups (broad SMARTS) is 1. The molecule has 1 aliphatic rings. The second-order valence-corrected chi connectivity index (χ2v) is 5.72. The van der Waals surface area contributed by atoms with Crippen molar-refractivity contribution in [1.82, 2.24) is 4.98 Å². The highest BCUT2D eigenvalue weighted by molar-refractivity contribution is 7.12. The van der Waals surface area contributed by atoms with Gasteiger partial charge in [0, 0.05) is 11.5 Å². The molecule has 0 spiro atoms. The lowest BCUT2D eigenvalue weighted by Gasteiger charge is -2.31. The number of rotatable bonds is 3. The van der Waals surface area contributed by atoms with Crippen molar-refractivity contribution in [3.63, 3.8) is 0 Å². The summed E-state index contributed by atoms with van der Waals surface area (Å²) in [5.41, 5.74) is 0.507. The van der Waals surface area contributed by atoms with Crippen LogP contribution in [0.4, 0.5) is 0 Å². The number of carboxylic acids is 1. The zero-order chi connectivity index (χ0) is 12.5. The maximum Gasteiger partial charge on any atom is 0.308 e.